The molecule has 0 bridgehead atoms. The number of hydrogen-bond acceptors (Lipinski definition) is 3. The molecule has 7 heteroatoms. The number of para-hydroxylation sites is 2. The van der Waals surface area contributed by atoms with E-state index < -0.39 is 6.10 Å². The van der Waals surface area contributed by atoms with E-state index in [1.807, 2.05) is 6.07 Å². The number of fused-ring (bicyclic) bond motifs is 1. The van der Waals surface area contributed by atoms with Crippen LogP contribution in [0.15, 0.2) is 42.5 Å². The molecule has 0 spiro atoms. The van der Waals surface area contributed by atoms with Crippen molar-refractivity contribution in [2.24, 2.45) is 0 Å². The maximum absolute atomic E-state index is 12.5. The van der Waals surface area contributed by atoms with Crippen molar-refractivity contribution in [3.05, 3.63) is 52.5 Å². The van der Waals surface area contributed by atoms with Gasteiger partial charge in [-0.15, -0.1) is 0 Å². The van der Waals surface area contributed by atoms with Crippen LogP contribution < -0.4 is 15.0 Å². The highest BCUT2D eigenvalue weighted by atomic mass is 35.5. The molecule has 0 fully saturated rings. The maximum Gasteiger partial charge on any atom is 0.267 e. The summed E-state index contributed by atoms with van der Waals surface area (Å²) in [5.74, 6) is -0.0273. The predicted molar refractivity (Wildman–Crippen MR) is 94.0 cm³/mol. The molecule has 0 radical (unpaired) electrons. The molecule has 2 aromatic carbocycles. The molecule has 5 nitrogen and oxygen atoms in total. The Bertz CT molecular complexity index is 810. The largest absolute Gasteiger partial charge is 0.476 e. The van der Waals surface area contributed by atoms with Crippen molar-refractivity contribution in [1.82, 2.24) is 0 Å². The van der Waals surface area contributed by atoms with Gasteiger partial charge in [0.15, 0.2) is 6.10 Å². The smallest absolute Gasteiger partial charge is 0.267 e. The van der Waals surface area contributed by atoms with E-state index in [4.69, 9.17) is 27.9 Å². The summed E-state index contributed by atoms with van der Waals surface area (Å²) in [7, 11) is 0. The van der Waals surface area contributed by atoms with Gasteiger partial charge in [0.25, 0.3) is 5.91 Å². The Labute approximate surface area is 149 Å². The lowest BCUT2D eigenvalue weighted by molar-refractivity contribution is -0.123. The lowest BCUT2D eigenvalue weighted by Gasteiger charge is -2.33. The third kappa shape index (κ3) is 3.32. The van der Waals surface area contributed by atoms with Gasteiger partial charge in [0, 0.05) is 12.6 Å². The van der Waals surface area contributed by atoms with E-state index in [2.05, 4.69) is 5.32 Å². The number of carbonyl (C=O) groups is 2. The van der Waals surface area contributed by atoms with Crippen molar-refractivity contribution in [2.45, 2.75) is 13.0 Å². The fraction of sp³-hybridized carbons (Fsp3) is 0.176. The van der Waals surface area contributed by atoms with Gasteiger partial charge in [-0.3, -0.25) is 9.59 Å². The molecular weight excluding hydrogens is 351 g/mol. The zero-order valence-electron chi connectivity index (χ0n) is 12.8. The Balaban J connectivity index is 1.81. The molecular formula is C17H14Cl2N2O3. The predicted octanol–water partition coefficient (Wildman–Crippen LogP) is 3.75. The second kappa shape index (κ2) is 6.71. The number of carbonyl (C=O) groups excluding carboxylic acids is 2. The monoisotopic (exact) mass is 364 g/mol. The molecule has 0 aliphatic carbocycles. The van der Waals surface area contributed by atoms with Crippen LogP contribution in [-0.2, 0) is 9.59 Å². The number of benzene rings is 2. The lowest BCUT2D eigenvalue weighted by Crippen LogP contribution is -2.48. The molecule has 3 rings (SSSR count). The highest BCUT2D eigenvalue weighted by molar-refractivity contribution is 6.42. The molecule has 1 unspecified atom stereocenters. The highest BCUT2D eigenvalue weighted by Gasteiger charge is 2.32. The molecule has 0 saturated carbocycles. The summed E-state index contributed by atoms with van der Waals surface area (Å²) in [4.78, 5) is 25.9. The molecule has 0 aromatic heterocycles. The van der Waals surface area contributed by atoms with Gasteiger partial charge in [-0.1, -0.05) is 35.3 Å². The summed E-state index contributed by atoms with van der Waals surface area (Å²) in [5.41, 5.74) is 1.16. The summed E-state index contributed by atoms with van der Waals surface area (Å²) >= 11 is 11.8. The maximum atomic E-state index is 12.5. The van der Waals surface area contributed by atoms with Crippen LogP contribution in [0.2, 0.25) is 10.0 Å². The van der Waals surface area contributed by atoms with E-state index in [9.17, 15) is 9.59 Å². The normalized spacial score (nSPS) is 16.1. The average Bonchev–Trinajstić information content (AvgIpc) is 2.57. The van der Waals surface area contributed by atoms with Crippen LogP contribution in [0.1, 0.15) is 6.92 Å². The van der Waals surface area contributed by atoms with Crippen molar-refractivity contribution in [3.8, 4) is 5.75 Å². The number of anilines is 2. The molecule has 2 amide bonds. The van der Waals surface area contributed by atoms with Crippen LogP contribution in [0.4, 0.5) is 11.4 Å². The number of halogens is 2. The van der Waals surface area contributed by atoms with Crippen LogP contribution in [0.25, 0.3) is 0 Å². The highest BCUT2D eigenvalue weighted by Crippen LogP contribution is 2.33. The van der Waals surface area contributed by atoms with Gasteiger partial charge in [-0.25, -0.2) is 0 Å². The fourth-order valence-electron chi connectivity index (χ4n) is 2.47. The SMILES string of the molecule is CC(=O)N1CC(C(=O)Nc2ccc(Cl)c(Cl)c2)Oc2ccccc21. The van der Waals surface area contributed by atoms with E-state index in [1.165, 1.54) is 11.8 Å². The first-order valence-corrected chi connectivity index (χ1v) is 8.01. The summed E-state index contributed by atoms with van der Waals surface area (Å²) < 4.78 is 5.74. The molecule has 0 saturated heterocycles. The summed E-state index contributed by atoms with van der Waals surface area (Å²) in [5, 5.41) is 3.47. The average molecular weight is 365 g/mol. The lowest BCUT2D eigenvalue weighted by atomic mass is 10.1. The van der Waals surface area contributed by atoms with E-state index >= 15 is 0 Å². The number of hydrogen-bond donors (Lipinski definition) is 1. The van der Waals surface area contributed by atoms with Crippen molar-refractivity contribution >= 4 is 46.4 Å². The first-order valence-electron chi connectivity index (χ1n) is 7.25. The number of ether oxygens (including phenoxy) is 1. The minimum atomic E-state index is -0.821. The Morgan fingerprint density at radius 1 is 1.17 bits per heavy atom. The second-order valence-electron chi connectivity index (χ2n) is 5.32. The Hall–Kier alpha value is -2.24. The Morgan fingerprint density at radius 2 is 1.92 bits per heavy atom. The number of amides is 2. The van der Waals surface area contributed by atoms with Gasteiger partial charge in [0.05, 0.1) is 22.3 Å². The van der Waals surface area contributed by atoms with Crippen molar-refractivity contribution < 1.29 is 14.3 Å². The molecule has 1 aliphatic rings. The van der Waals surface area contributed by atoms with Gasteiger partial charge < -0.3 is 15.0 Å². The minimum absolute atomic E-state index is 0.138. The number of nitrogens with one attached hydrogen (secondary N) is 1. The van der Waals surface area contributed by atoms with E-state index in [0.29, 0.717) is 27.2 Å². The molecule has 1 N–H and O–H groups in total. The van der Waals surface area contributed by atoms with Crippen molar-refractivity contribution in [1.29, 1.82) is 0 Å². The van der Waals surface area contributed by atoms with Crippen LogP contribution in [0, 0.1) is 0 Å². The Morgan fingerprint density at radius 3 is 2.62 bits per heavy atom. The van der Waals surface area contributed by atoms with Gasteiger partial charge in [-0.2, -0.15) is 0 Å². The summed E-state index contributed by atoms with van der Waals surface area (Å²) in [6.45, 7) is 1.59. The summed E-state index contributed by atoms with van der Waals surface area (Å²) in [6.07, 6.45) is -0.821. The van der Waals surface area contributed by atoms with Crippen molar-refractivity contribution in [2.75, 3.05) is 16.8 Å². The van der Waals surface area contributed by atoms with Crippen molar-refractivity contribution in [3.63, 3.8) is 0 Å². The third-order valence-corrected chi connectivity index (χ3v) is 4.37. The second-order valence-corrected chi connectivity index (χ2v) is 6.14. The van der Waals surface area contributed by atoms with Crippen LogP contribution >= 0.6 is 23.2 Å². The standard InChI is InChI=1S/C17H14Cl2N2O3/c1-10(22)21-9-16(24-15-5-3-2-4-14(15)21)17(23)20-11-6-7-12(18)13(19)8-11/h2-8,16H,9H2,1H3,(H,20,23). The van der Waals surface area contributed by atoms with Crippen LogP contribution in [0.5, 0.6) is 5.75 Å². The van der Waals surface area contributed by atoms with Gasteiger partial charge in [0.2, 0.25) is 5.91 Å². The quantitative estimate of drug-likeness (QED) is 0.882. The molecule has 124 valence electrons. The zero-order valence-corrected chi connectivity index (χ0v) is 14.3. The fourth-order valence-corrected chi connectivity index (χ4v) is 2.76. The zero-order chi connectivity index (χ0) is 17.3. The number of rotatable bonds is 2. The van der Waals surface area contributed by atoms with E-state index in [-0.39, 0.29) is 18.4 Å². The third-order valence-electron chi connectivity index (χ3n) is 3.63. The molecule has 24 heavy (non-hydrogen) atoms. The van der Waals surface area contributed by atoms with Crippen LogP contribution in [-0.4, -0.2) is 24.5 Å². The van der Waals surface area contributed by atoms with E-state index in [0.717, 1.165) is 0 Å². The van der Waals surface area contributed by atoms with Crippen LogP contribution in [0.3, 0.4) is 0 Å². The topological polar surface area (TPSA) is 58.6 Å². The minimum Gasteiger partial charge on any atom is -0.476 e. The Kier molecular flexibility index (Phi) is 4.64. The summed E-state index contributed by atoms with van der Waals surface area (Å²) in [6, 6.07) is 11.9. The van der Waals surface area contributed by atoms with Gasteiger partial charge >= 0.3 is 0 Å². The first-order chi connectivity index (χ1) is 11.5. The number of nitrogens with zero attached hydrogens (tertiary/aromatic N) is 1. The molecule has 2 aromatic rings. The molecule has 1 heterocycles. The van der Waals surface area contributed by atoms with E-state index in [1.54, 1.807) is 36.4 Å². The first kappa shape index (κ1) is 16.6. The molecule has 1 atom stereocenters. The van der Waals surface area contributed by atoms with Gasteiger partial charge in [-0.05, 0) is 30.3 Å². The molecule has 1 aliphatic heterocycles. The van der Waals surface area contributed by atoms with Gasteiger partial charge in [0.1, 0.15) is 5.75 Å².